The maximum atomic E-state index is 14.9. The maximum Gasteiger partial charge on any atom is 0.326 e. The van der Waals surface area contributed by atoms with E-state index in [4.69, 9.17) is 18.1 Å². The van der Waals surface area contributed by atoms with E-state index in [-0.39, 0.29) is 21.4 Å². The summed E-state index contributed by atoms with van der Waals surface area (Å²) in [4.78, 5) is 0. The predicted molar refractivity (Wildman–Crippen MR) is 229 cm³/mol. The monoisotopic (exact) mass is 826 g/mol. The number of halogens is 4. The van der Waals surface area contributed by atoms with Crippen molar-refractivity contribution in [2.45, 2.75) is 80.1 Å². The van der Waals surface area contributed by atoms with Crippen molar-refractivity contribution >= 4 is 27.4 Å². The summed E-state index contributed by atoms with van der Waals surface area (Å²) in [5, 5.41) is 0.392. The van der Waals surface area contributed by atoms with Crippen molar-refractivity contribution in [3.8, 4) is 34.1 Å². The first-order valence-electron chi connectivity index (χ1n) is 18.9. The Morgan fingerprint density at radius 2 is 0.741 bits per heavy atom. The molecule has 6 aromatic carbocycles. The van der Waals surface area contributed by atoms with Gasteiger partial charge in [-0.25, -0.2) is 17.6 Å². The number of rotatable bonds is 11. The van der Waals surface area contributed by atoms with Crippen molar-refractivity contribution in [3.05, 3.63) is 166 Å². The summed E-state index contributed by atoms with van der Waals surface area (Å²) in [5.74, 6) is -1.20. The summed E-state index contributed by atoms with van der Waals surface area (Å²) in [6.07, 6.45) is 0. The number of hydrogen-bond donors (Lipinski definition) is 0. The summed E-state index contributed by atoms with van der Waals surface area (Å²) >= 11 is 0. The first-order chi connectivity index (χ1) is 27.3. The summed E-state index contributed by atoms with van der Waals surface area (Å²) in [6, 6.07) is 29.4. The molecule has 0 saturated carbocycles. The zero-order valence-corrected chi connectivity index (χ0v) is 36.2. The molecule has 0 amide bonds. The van der Waals surface area contributed by atoms with Gasteiger partial charge in [-0.2, -0.15) is 0 Å². The normalized spacial score (nSPS) is 12.9. The molecular weight excluding hydrogens is 778 g/mol. The van der Waals surface area contributed by atoms with Gasteiger partial charge in [-0.05, 0) is 120 Å². The van der Waals surface area contributed by atoms with Crippen LogP contribution in [0.25, 0.3) is 11.1 Å². The van der Waals surface area contributed by atoms with E-state index in [0.29, 0.717) is 34.1 Å². The summed E-state index contributed by atoms with van der Waals surface area (Å²) in [7, 11) is -4.39. The fraction of sp³-hybridized carbons (Fsp3) is 0.250. The molecule has 0 aliphatic carbocycles. The van der Waals surface area contributed by atoms with Crippen LogP contribution in [-0.4, -0.2) is 0 Å². The molecule has 0 aromatic heterocycles. The van der Waals surface area contributed by atoms with Gasteiger partial charge < -0.3 is 18.1 Å². The van der Waals surface area contributed by atoms with E-state index in [1.54, 1.807) is 0 Å². The third kappa shape index (κ3) is 10.0. The SMILES string of the molecule is Cc1cc(C)c(OP(Oc2ccccc2C(C)(C)C)c2cc(F)cc(F)c2)c(-c2cc(C)cc(C)c2OP(Oc2ccccc2C(C)(C)C)c2cc(F)cc(F)c2)c1. The van der Waals surface area contributed by atoms with Gasteiger partial charge in [0.2, 0.25) is 0 Å². The van der Waals surface area contributed by atoms with Gasteiger partial charge in [-0.15, -0.1) is 0 Å². The molecule has 2 atom stereocenters. The van der Waals surface area contributed by atoms with Crippen LogP contribution in [0.3, 0.4) is 0 Å². The number of benzene rings is 6. The molecule has 302 valence electrons. The van der Waals surface area contributed by atoms with Gasteiger partial charge in [0, 0.05) is 23.3 Å². The maximum absolute atomic E-state index is 14.9. The second-order valence-corrected chi connectivity index (χ2v) is 19.3. The average Bonchev–Trinajstić information content (AvgIpc) is 3.11. The molecule has 2 unspecified atom stereocenters. The van der Waals surface area contributed by atoms with Crippen LogP contribution in [0.2, 0.25) is 0 Å². The van der Waals surface area contributed by atoms with Crippen LogP contribution >= 0.6 is 16.8 Å². The molecule has 6 aromatic rings. The summed E-state index contributed by atoms with van der Waals surface area (Å²) in [6.45, 7) is 20.1. The van der Waals surface area contributed by atoms with E-state index < -0.39 is 40.0 Å². The molecule has 0 N–H and O–H groups in total. The number of aryl methyl sites for hydroxylation is 4. The van der Waals surface area contributed by atoms with E-state index in [1.807, 2.05) is 100 Å². The molecule has 0 heterocycles. The van der Waals surface area contributed by atoms with E-state index in [2.05, 4.69) is 41.5 Å². The van der Waals surface area contributed by atoms with Crippen LogP contribution in [0.4, 0.5) is 17.6 Å². The van der Waals surface area contributed by atoms with Crippen LogP contribution < -0.4 is 28.7 Å². The molecule has 0 aliphatic heterocycles. The molecule has 0 radical (unpaired) electrons. The second-order valence-electron chi connectivity index (χ2n) is 16.5. The largest absolute Gasteiger partial charge is 0.435 e. The second kappa shape index (κ2) is 17.1. The van der Waals surface area contributed by atoms with E-state index >= 15 is 0 Å². The van der Waals surface area contributed by atoms with Crippen molar-refractivity contribution in [2.75, 3.05) is 0 Å². The highest BCUT2D eigenvalue weighted by atomic mass is 31.2. The van der Waals surface area contributed by atoms with Gasteiger partial charge in [0.1, 0.15) is 46.3 Å². The van der Waals surface area contributed by atoms with Crippen LogP contribution in [0.1, 0.15) is 74.9 Å². The Bertz CT molecular complexity index is 2240. The quantitative estimate of drug-likeness (QED) is 0.0963. The van der Waals surface area contributed by atoms with Gasteiger partial charge >= 0.3 is 16.8 Å². The minimum Gasteiger partial charge on any atom is -0.435 e. The zero-order valence-electron chi connectivity index (χ0n) is 34.4. The van der Waals surface area contributed by atoms with Crippen LogP contribution in [0.5, 0.6) is 23.0 Å². The minimum atomic E-state index is -2.19. The lowest BCUT2D eigenvalue weighted by molar-refractivity contribution is 0.476. The van der Waals surface area contributed by atoms with Crippen LogP contribution in [-0.2, 0) is 10.8 Å². The van der Waals surface area contributed by atoms with Crippen LogP contribution in [0, 0.1) is 51.0 Å². The lowest BCUT2D eigenvalue weighted by atomic mass is 9.86. The summed E-state index contributed by atoms with van der Waals surface area (Å²) < 4.78 is 86.7. The lowest BCUT2D eigenvalue weighted by Gasteiger charge is -2.28. The number of hydrogen-bond acceptors (Lipinski definition) is 4. The molecule has 0 spiro atoms. The average molecular weight is 827 g/mol. The van der Waals surface area contributed by atoms with Gasteiger partial charge in [0.15, 0.2) is 0 Å². The van der Waals surface area contributed by atoms with E-state index in [1.165, 1.54) is 24.3 Å². The Hall–Kier alpha value is -4.90. The third-order valence-corrected chi connectivity index (χ3v) is 12.1. The minimum absolute atomic E-state index is 0.196. The van der Waals surface area contributed by atoms with Gasteiger partial charge in [-0.3, -0.25) is 0 Å². The van der Waals surface area contributed by atoms with Crippen molar-refractivity contribution in [3.63, 3.8) is 0 Å². The molecule has 0 saturated heterocycles. The fourth-order valence-electron chi connectivity index (χ4n) is 6.76. The van der Waals surface area contributed by atoms with Crippen LogP contribution in [0.15, 0.2) is 109 Å². The predicted octanol–water partition coefficient (Wildman–Crippen LogP) is 13.9. The highest BCUT2D eigenvalue weighted by Crippen LogP contribution is 2.52. The topological polar surface area (TPSA) is 36.9 Å². The van der Waals surface area contributed by atoms with Crippen molar-refractivity contribution < 1.29 is 35.7 Å². The Labute approximate surface area is 342 Å². The van der Waals surface area contributed by atoms with Gasteiger partial charge in [0.05, 0.1) is 10.6 Å². The van der Waals surface area contributed by atoms with Gasteiger partial charge in [-0.1, -0.05) is 90.1 Å². The smallest absolute Gasteiger partial charge is 0.326 e. The molecule has 0 bridgehead atoms. The Balaban J connectivity index is 1.53. The molecule has 0 fully saturated rings. The fourth-order valence-corrected chi connectivity index (χ4v) is 9.67. The molecule has 0 aliphatic rings. The zero-order chi connectivity index (χ0) is 42.1. The highest BCUT2D eigenvalue weighted by Gasteiger charge is 2.30. The molecule has 6 rings (SSSR count). The molecule has 4 nitrogen and oxygen atoms in total. The van der Waals surface area contributed by atoms with Crippen molar-refractivity contribution in [1.29, 1.82) is 0 Å². The Morgan fingerprint density at radius 3 is 1.07 bits per heavy atom. The van der Waals surface area contributed by atoms with Gasteiger partial charge in [0.25, 0.3) is 0 Å². The number of para-hydroxylation sites is 2. The Kier molecular flexibility index (Phi) is 12.6. The van der Waals surface area contributed by atoms with E-state index in [0.717, 1.165) is 45.5 Å². The third-order valence-electron chi connectivity index (χ3n) is 9.35. The molecule has 58 heavy (non-hydrogen) atoms. The Morgan fingerprint density at radius 1 is 0.414 bits per heavy atom. The highest BCUT2D eigenvalue weighted by molar-refractivity contribution is 7.57. The molecular formula is C48H48F4O4P2. The molecule has 10 heteroatoms. The standard InChI is InChI=1S/C48H48F4O4P2/c1-29-19-31(3)45(55-57(37-25-33(49)23-34(50)26-37)53-43-17-13-11-15-41(43)47(5,6)7)39(21-29)40-22-30(2)20-32(4)46(40)56-58(38-27-35(51)24-36(52)28-38)54-44-18-14-12-16-42(44)48(8,9)10/h11-28H,1-10H3. The van der Waals surface area contributed by atoms with Crippen molar-refractivity contribution in [2.24, 2.45) is 0 Å². The summed E-state index contributed by atoms with van der Waals surface area (Å²) in [5.41, 5.74) is 5.68. The first kappa shape index (κ1) is 42.7. The first-order valence-corrected chi connectivity index (χ1v) is 21.3. The van der Waals surface area contributed by atoms with Crippen molar-refractivity contribution in [1.82, 2.24) is 0 Å². The lowest BCUT2D eigenvalue weighted by Crippen LogP contribution is -2.17. The van der Waals surface area contributed by atoms with E-state index in [9.17, 15) is 17.6 Å².